The van der Waals surface area contributed by atoms with Gasteiger partial charge in [0.25, 0.3) is 0 Å². The van der Waals surface area contributed by atoms with Crippen molar-refractivity contribution in [3.05, 3.63) is 0 Å². The van der Waals surface area contributed by atoms with E-state index in [4.69, 9.17) is 9.84 Å². The van der Waals surface area contributed by atoms with Gasteiger partial charge in [-0.2, -0.15) is 11.8 Å². The molecule has 2 N–H and O–H groups in total. The molecule has 1 saturated heterocycles. The number of hydrogen-bond donors (Lipinski definition) is 2. The number of thioether (sulfide) groups is 1. The van der Waals surface area contributed by atoms with Crippen LogP contribution in [0.3, 0.4) is 0 Å². The summed E-state index contributed by atoms with van der Waals surface area (Å²) in [6, 6.07) is -0.769. The number of ether oxygens (including phenoxy) is 1. The highest BCUT2D eigenvalue weighted by atomic mass is 32.2. The van der Waals surface area contributed by atoms with Crippen LogP contribution < -0.4 is 5.32 Å². The molecule has 2 atom stereocenters. The van der Waals surface area contributed by atoms with Crippen molar-refractivity contribution >= 4 is 24.1 Å². The summed E-state index contributed by atoms with van der Waals surface area (Å²) in [5.41, 5.74) is 0. The second-order valence-electron chi connectivity index (χ2n) is 3.67. The molecule has 16 heavy (non-hydrogen) atoms. The molecule has 92 valence electrons. The van der Waals surface area contributed by atoms with Crippen LogP contribution in [0, 0.1) is 0 Å². The maximum Gasteiger partial charge on any atom is 0.326 e. The fourth-order valence-electron chi connectivity index (χ4n) is 1.56. The largest absolute Gasteiger partial charge is 0.480 e. The minimum Gasteiger partial charge on any atom is -0.480 e. The highest BCUT2D eigenvalue weighted by molar-refractivity contribution is 7.99. The van der Waals surface area contributed by atoms with Crippen LogP contribution in [0.4, 0.5) is 0 Å². The number of nitrogens with one attached hydrogen (secondary N) is 1. The van der Waals surface area contributed by atoms with E-state index in [1.54, 1.807) is 11.8 Å². The Kier molecular flexibility index (Phi) is 6.25. The van der Waals surface area contributed by atoms with Gasteiger partial charge in [-0.25, -0.2) is 4.79 Å². The van der Waals surface area contributed by atoms with Crippen LogP contribution in [0.1, 0.15) is 19.3 Å². The lowest BCUT2D eigenvalue weighted by Crippen LogP contribution is -2.36. The van der Waals surface area contributed by atoms with Gasteiger partial charge in [0.1, 0.15) is 6.04 Å². The molecule has 0 spiro atoms. The van der Waals surface area contributed by atoms with E-state index in [2.05, 4.69) is 5.32 Å². The molecule has 6 heteroatoms. The Morgan fingerprint density at radius 3 is 3.06 bits per heavy atom. The quantitative estimate of drug-likeness (QED) is 0.640. The third-order valence-corrected chi connectivity index (χ3v) is 3.76. The van der Waals surface area contributed by atoms with Gasteiger partial charge in [-0.15, -0.1) is 0 Å². The molecule has 0 aliphatic carbocycles. The average Bonchev–Trinajstić information content (AvgIpc) is 2.29. The molecule has 0 aromatic heterocycles. The van der Waals surface area contributed by atoms with Crippen molar-refractivity contribution in [2.45, 2.75) is 30.6 Å². The Morgan fingerprint density at radius 1 is 1.69 bits per heavy atom. The monoisotopic (exact) mass is 247 g/mol. The van der Waals surface area contributed by atoms with Crippen molar-refractivity contribution in [3.8, 4) is 0 Å². The van der Waals surface area contributed by atoms with Gasteiger partial charge in [0, 0.05) is 11.9 Å². The lowest BCUT2D eigenvalue weighted by Gasteiger charge is -2.22. The highest BCUT2D eigenvalue weighted by Gasteiger charge is 2.18. The van der Waals surface area contributed by atoms with Gasteiger partial charge < -0.3 is 15.2 Å². The zero-order valence-corrected chi connectivity index (χ0v) is 9.87. The summed E-state index contributed by atoms with van der Waals surface area (Å²) >= 11 is 1.72. The molecular formula is C10H17NO4S. The minimum atomic E-state index is -0.979. The highest BCUT2D eigenvalue weighted by Crippen LogP contribution is 2.21. The molecule has 1 fully saturated rings. The summed E-state index contributed by atoms with van der Waals surface area (Å²) in [6.07, 6.45) is 3.10. The van der Waals surface area contributed by atoms with E-state index in [1.165, 1.54) is 0 Å². The zero-order valence-electron chi connectivity index (χ0n) is 9.05. The molecule has 1 aliphatic rings. The van der Waals surface area contributed by atoms with Crippen LogP contribution in [-0.4, -0.2) is 47.7 Å². The maximum absolute atomic E-state index is 10.7. The van der Waals surface area contributed by atoms with Crippen molar-refractivity contribution in [3.63, 3.8) is 0 Å². The molecule has 0 aromatic rings. The molecule has 1 rings (SSSR count). The Bertz CT molecular complexity index is 231. The van der Waals surface area contributed by atoms with Crippen LogP contribution in [0.15, 0.2) is 0 Å². The third-order valence-electron chi connectivity index (χ3n) is 2.45. The van der Waals surface area contributed by atoms with Crippen LogP contribution in [0.25, 0.3) is 0 Å². The predicted octanol–water partition coefficient (Wildman–Crippen LogP) is 0.488. The first-order valence-electron chi connectivity index (χ1n) is 5.36. The minimum absolute atomic E-state index is 0.438. The number of aliphatic carboxylic acids is 1. The molecular weight excluding hydrogens is 230 g/mol. The molecule has 1 heterocycles. The molecule has 0 aromatic carbocycles. The smallest absolute Gasteiger partial charge is 0.326 e. The van der Waals surface area contributed by atoms with Crippen molar-refractivity contribution < 1.29 is 19.4 Å². The molecule has 1 aliphatic heterocycles. The first-order chi connectivity index (χ1) is 7.74. The first kappa shape index (κ1) is 13.3. The van der Waals surface area contributed by atoms with Crippen LogP contribution in [0.5, 0.6) is 0 Å². The first-order valence-corrected chi connectivity index (χ1v) is 6.40. The molecule has 0 radical (unpaired) electrons. The van der Waals surface area contributed by atoms with Gasteiger partial charge in [-0.05, 0) is 25.0 Å². The Balaban J connectivity index is 2.16. The van der Waals surface area contributed by atoms with Crippen LogP contribution in [0.2, 0.25) is 0 Å². The van der Waals surface area contributed by atoms with E-state index in [0.29, 0.717) is 18.1 Å². The van der Waals surface area contributed by atoms with E-state index in [9.17, 15) is 9.59 Å². The zero-order chi connectivity index (χ0) is 11.8. The van der Waals surface area contributed by atoms with Crippen molar-refractivity contribution in [1.82, 2.24) is 5.32 Å². The third kappa shape index (κ3) is 4.85. The summed E-state index contributed by atoms with van der Waals surface area (Å²) in [6.45, 7) is 1.59. The number of carboxylic acids is 1. The van der Waals surface area contributed by atoms with Gasteiger partial charge in [0.2, 0.25) is 6.41 Å². The number of carboxylic acid groups (broad SMARTS) is 1. The van der Waals surface area contributed by atoms with Crippen molar-refractivity contribution in [1.29, 1.82) is 0 Å². The fraction of sp³-hybridized carbons (Fsp3) is 0.800. The summed E-state index contributed by atoms with van der Waals surface area (Å²) in [7, 11) is 0. The van der Waals surface area contributed by atoms with Crippen molar-refractivity contribution in [2.75, 3.05) is 19.0 Å². The van der Waals surface area contributed by atoms with Crippen LogP contribution >= 0.6 is 11.8 Å². The maximum atomic E-state index is 10.7. The summed E-state index contributed by atoms with van der Waals surface area (Å²) in [4.78, 5) is 20.9. The van der Waals surface area contributed by atoms with Crippen molar-refractivity contribution in [2.24, 2.45) is 0 Å². The summed E-state index contributed by atoms with van der Waals surface area (Å²) in [5.74, 6) is -0.251. The fourth-order valence-corrected chi connectivity index (χ4v) is 2.79. The lowest BCUT2D eigenvalue weighted by atomic mass is 10.2. The van der Waals surface area contributed by atoms with E-state index in [1.807, 2.05) is 0 Å². The van der Waals surface area contributed by atoms with E-state index >= 15 is 0 Å². The van der Waals surface area contributed by atoms with Crippen LogP contribution in [-0.2, 0) is 14.3 Å². The van der Waals surface area contributed by atoms with Gasteiger partial charge in [-0.1, -0.05) is 0 Å². The van der Waals surface area contributed by atoms with Gasteiger partial charge >= 0.3 is 5.97 Å². The molecule has 2 unspecified atom stereocenters. The predicted molar refractivity (Wildman–Crippen MR) is 61.5 cm³/mol. The number of rotatable bonds is 7. The molecule has 5 nitrogen and oxygen atoms in total. The second kappa shape index (κ2) is 7.51. The van der Waals surface area contributed by atoms with Gasteiger partial charge in [-0.3, -0.25) is 4.79 Å². The number of carbonyl (C=O) groups is 2. The standard InChI is InChI=1S/C10H17NO4S/c12-7-11-9(10(13)14)3-5-16-8-2-1-4-15-6-8/h7-9H,1-6H2,(H,11,12)(H,13,14). The number of carbonyl (C=O) groups excluding carboxylic acids is 1. The Labute approximate surface area is 98.9 Å². The van der Waals surface area contributed by atoms with E-state index in [-0.39, 0.29) is 0 Å². The van der Waals surface area contributed by atoms with Gasteiger partial charge in [0.05, 0.1) is 6.61 Å². The molecule has 0 bridgehead atoms. The summed E-state index contributed by atoms with van der Waals surface area (Å²) in [5, 5.41) is 11.6. The topological polar surface area (TPSA) is 75.6 Å². The summed E-state index contributed by atoms with van der Waals surface area (Å²) < 4.78 is 5.33. The molecule has 1 amide bonds. The lowest BCUT2D eigenvalue weighted by molar-refractivity contribution is -0.140. The van der Waals surface area contributed by atoms with E-state index in [0.717, 1.165) is 31.8 Å². The SMILES string of the molecule is O=CNC(CCSC1CCCOC1)C(=O)O. The average molecular weight is 247 g/mol. The second-order valence-corrected chi connectivity index (χ2v) is 5.08. The Hall–Kier alpha value is -0.750. The number of hydrogen-bond acceptors (Lipinski definition) is 4. The normalized spacial score (nSPS) is 22.4. The van der Waals surface area contributed by atoms with E-state index < -0.39 is 12.0 Å². The van der Waals surface area contributed by atoms with Gasteiger partial charge in [0.15, 0.2) is 0 Å². The Morgan fingerprint density at radius 2 is 2.50 bits per heavy atom. The number of amides is 1. The molecule has 0 saturated carbocycles.